The van der Waals surface area contributed by atoms with Gasteiger partial charge in [-0.25, -0.2) is 4.98 Å². The van der Waals surface area contributed by atoms with Crippen LogP contribution in [-0.4, -0.2) is 121 Å². The second-order valence-electron chi connectivity index (χ2n) is 19.9. The summed E-state index contributed by atoms with van der Waals surface area (Å²) in [6.07, 6.45) is 21.0. The molecule has 0 spiro atoms. The fourth-order valence-corrected chi connectivity index (χ4v) is 8.75. The molecule has 25 heteroatoms. The highest BCUT2D eigenvalue weighted by atomic mass is 32.2. The van der Waals surface area contributed by atoms with Gasteiger partial charge in [0.15, 0.2) is 11.2 Å². The molecule has 0 saturated carbocycles. The van der Waals surface area contributed by atoms with E-state index in [1.807, 2.05) is 45.2 Å². The van der Waals surface area contributed by atoms with Crippen molar-refractivity contribution in [3.8, 4) is 40.6 Å². The molecule has 0 bridgehead atoms. The Bertz CT molecular complexity index is 3330. The zero-order valence-electron chi connectivity index (χ0n) is 57.0. The molecule has 7 aromatic heterocycles. The number of nitrogens with zero attached hydrogens (tertiary/aromatic N) is 7. The van der Waals surface area contributed by atoms with Crippen molar-refractivity contribution >= 4 is 15.9 Å². The van der Waals surface area contributed by atoms with Gasteiger partial charge in [0.2, 0.25) is 12.4 Å². The summed E-state index contributed by atoms with van der Waals surface area (Å²) in [5.41, 5.74) is 4.18. The predicted molar refractivity (Wildman–Crippen MR) is 360 cm³/mol. The standard InChI is InChI=1S/C14H24N2O.C13H22N2O.C10H15NO4S.C9H13NO2.C9H11NO2.C7H6N2O.C6H8NO2.H2O/c1-5-11(6-2)16-13(7-3)14-10-12(17-4)8-9-15-14;1-4-10(5-2)15-12(6-3)13-9-11(16)7-8-14-13;1-4-10(15-16(3,12)13)9-7-8(14-2)5-6-11-9;2*1-3-9(11)8-6-7(12-2)4-5-10-8;1-10-7-2-3-9-6(4-7)5-8;1-9-6-2-4-7(8)5-3-6;/h8-11,13,16H,5-7H2,1-4H3;7-10,12,15H,4-6H2,1-3H3,(H,14,16);5-7,10H,4H2,1-3H3;4-6,9,11H,3H2,1-2H3;4-6H,3H2,1-2H3;2-4H,1H3;2-5,8H,1H3;1H2/q;;;;;;+1;. The summed E-state index contributed by atoms with van der Waals surface area (Å²) in [4.78, 5) is 45.8. The van der Waals surface area contributed by atoms with Gasteiger partial charge in [-0.05, 0) is 81.7 Å². The molecule has 512 valence electrons. The number of H-pyrrole nitrogens is 1. The first kappa shape index (κ1) is 84.4. The zero-order valence-corrected chi connectivity index (χ0v) is 57.8. The van der Waals surface area contributed by atoms with Crippen LogP contribution in [0.5, 0.6) is 34.5 Å². The number of ether oxygens (including phenoxy) is 6. The van der Waals surface area contributed by atoms with Crippen LogP contribution in [0.4, 0.5) is 0 Å². The van der Waals surface area contributed by atoms with E-state index in [2.05, 4.69) is 82.1 Å². The van der Waals surface area contributed by atoms with Gasteiger partial charge < -0.3 is 54.6 Å². The molecule has 0 aromatic carbocycles. The minimum Gasteiger partial charge on any atom is -0.497 e. The lowest BCUT2D eigenvalue weighted by molar-refractivity contribution is -0.904. The Labute approximate surface area is 550 Å². The Morgan fingerprint density at radius 1 is 0.559 bits per heavy atom. The molecule has 7 rings (SSSR count). The third-order valence-corrected chi connectivity index (χ3v) is 14.1. The van der Waals surface area contributed by atoms with Crippen LogP contribution in [0.3, 0.4) is 0 Å². The Balaban J connectivity index is 0.00000107. The number of aromatic amines is 1. The molecule has 4 unspecified atom stereocenters. The number of aromatic nitrogens is 7. The normalized spacial score (nSPS) is 11.5. The van der Waals surface area contributed by atoms with E-state index >= 15 is 0 Å². The van der Waals surface area contributed by atoms with Crippen LogP contribution in [0.1, 0.15) is 183 Å². The van der Waals surface area contributed by atoms with Crippen LogP contribution in [0.15, 0.2) is 139 Å². The number of methoxy groups -OCH3 is 6. The minimum atomic E-state index is -3.48. The molecule has 7 heterocycles. The quantitative estimate of drug-likeness (QED) is 0.0146. The Kier molecular flexibility index (Phi) is 44.5. The number of carbonyl (C=O) groups is 1. The van der Waals surface area contributed by atoms with Crippen LogP contribution < -0.4 is 49.2 Å². The van der Waals surface area contributed by atoms with Crippen LogP contribution in [0.2, 0.25) is 0 Å². The lowest BCUT2D eigenvalue weighted by atomic mass is 10.1. The first-order valence-electron chi connectivity index (χ1n) is 30.6. The number of hydrogen-bond donors (Lipinski definition) is 5. The van der Waals surface area contributed by atoms with E-state index in [4.69, 9.17) is 43.1 Å². The van der Waals surface area contributed by atoms with Crippen molar-refractivity contribution in [1.82, 2.24) is 40.5 Å². The summed E-state index contributed by atoms with van der Waals surface area (Å²) in [5.74, 6) is 4.33. The van der Waals surface area contributed by atoms with Gasteiger partial charge in [-0.15, -0.1) is 0 Å². The van der Waals surface area contributed by atoms with E-state index in [0.717, 1.165) is 78.1 Å². The molecule has 0 aliphatic rings. The summed E-state index contributed by atoms with van der Waals surface area (Å²) < 4.78 is 57.9. The maximum absolute atomic E-state index is 11.3. The Morgan fingerprint density at radius 3 is 1.42 bits per heavy atom. The first-order chi connectivity index (χ1) is 44.1. The van der Waals surface area contributed by atoms with Crippen molar-refractivity contribution < 1.29 is 66.3 Å². The number of carbonyl (C=O) groups excluding carboxylic acids is 1. The van der Waals surface area contributed by atoms with E-state index in [1.54, 1.807) is 133 Å². The Hall–Kier alpha value is -8.64. The number of aliphatic hydroxyl groups is 1. The second-order valence-corrected chi connectivity index (χ2v) is 21.5. The van der Waals surface area contributed by atoms with Crippen molar-refractivity contribution in [2.24, 2.45) is 0 Å². The summed E-state index contributed by atoms with van der Waals surface area (Å²) in [6, 6.07) is 27.5. The van der Waals surface area contributed by atoms with Gasteiger partial charge in [0.1, 0.15) is 58.1 Å². The van der Waals surface area contributed by atoms with Crippen molar-refractivity contribution in [2.45, 2.75) is 156 Å². The number of hydrogen-bond acceptors (Lipinski definition) is 21. The van der Waals surface area contributed by atoms with Gasteiger partial charge in [-0.2, -0.15) is 13.7 Å². The lowest BCUT2D eigenvalue weighted by Gasteiger charge is -2.23. The molecule has 7 aromatic rings. The first-order valence-corrected chi connectivity index (χ1v) is 32.4. The summed E-state index contributed by atoms with van der Waals surface area (Å²) in [7, 11) is 6.04. The number of nitrogens with one attached hydrogen (secondary N) is 3. The highest BCUT2D eigenvalue weighted by molar-refractivity contribution is 7.86. The molecule has 24 nitrogen and oxygen atoms in total. The molecular formula is C68H101N10O14S+. The van der Waals surface area contributed by atoms with Gasteiger partial charge in [0.25, 0.3) is 10.1 Å². The van der Waals surface area contributed by atoms with E-state index < -0.39 is 22.3 Å². The molecule has 0 radical (unpaired) electrons. The third-order valence-electron chi connectivity index (χ3n) is 13.5. The molecule has 0 amide bonds. The van der Waals surface area contributed by atoms with E-state index in [9.17, 15) is 23.1 Å². The summed E-state index contributed by atoms with van der Waals surface area (Å²) in [5, 5.41) is 33.8. The van der Waals surface area contributed by atoms with Gasteiger partial charge in [-0.3, -0.25) is 38.9 Å². The number of nitriles is 1. The average Bonchev–Trinajstić information content (AvgIpc) is 1.48. The van der Waals surface area contributed by atoms with E-state index in [0.29, 0.717) is 77.4 Å². The largest absolute Gasteiger partial charge is 0.497 e. The monoisotopic (exact) mass is 1310 g/mol. The van der Waals surface area contributed by atoms with Crippen molar-refractivity contribution in [3.05, 3.63) is 179 Å². The highest BCUT2D eigenvalue weighted by Crippen LogP contribution is 2.25. The second kappa shape index (κ2) is 49.1. The molecule has 4 atom stereocenters. The highest BCUT2D eigenvalue weighted by Gasteiger charge is 2.19. The zero-order chi connectivity index (χ0) is 68.9. The number of aliphatic hydroxyl groups excluding tert-OH is 1. The van der Waals surface area contributed by atoms with Crippen molar-refractivity contribution in [3.63, 3.8) is 0 Å². The van der Waals surface area contributed by atoms with Crippen LogP contribution >= 0.6 is 0 Å². The van der Waals surface area contributed by atoms with Gasteiger partial charge in [0, 0.05) is 133 Å². The summed E-state index contributed by atoms with van der Waals surface area (Å²) in [6.45, 7) is 18.7. The van der Waals surface area contributed by atoms with E-state index in [1.165, 1.54) is 25.7 Å². The van der Waals surface area contributed by atoms with Gasteiger partial charge in [0.05, 0.1) is 72.1 Å². The average molecular weight is 1310 g/mol. The van der Waals surface area contributed by atoms with Crippen LogP contribution in [0.25, 0.3) is 0 Å². The molecule has 93 heavy (non-hydrogen) atoms. The van der Waals surface area contributed by atoms with Crippen molar-refractivity contribution in [2.75, 3.05) is 48.9 Å². The van der Waals surface area contributed by atoms with E-state index in [-0.39, 0.29) is 22.7 Å². The number of Topliss-reactive ketones (excluding diaryl/α,β-unsaturated/α-hetero) is 1. The fraction of sp³-hybridized carbons (Fsp3) is 0.456. The summed E-state index contributed by atoms with van der Waals surface area (Å²) >= 11 is 0. The predicted octanol–water partition coefficient (Wildman–Crippen LogP) is 11.0. The van der Waals surface area contributed by atoms with Gasteiger partial charge >= 0.3 is 0 Å². The molecule has 0 aliphatic carbocycles. The van der Waals surface area contributed by atoms with Crippen LogP contribution in [0, 0.1) is 11.3 Å². The number of ketones is 1. The third kappa shape index (κ3) is 34.6. The molecule has 0 saturated heterocycles. The Morgan fingerprint density at radius 2 is 0.989 bits per heavy atom. The minimum absolute atomic E-state index is 0. The smallest absolute Gasteiger partial charge is 0.265 e. The fourth-order valence-electron chi connectivity index (χ4n) is 8.09. The molecule has 7 N–H and O–H groups in total. The number of rotatable bonds is 26. The number of pyridine rings is 7. The van der Waals surface area contributed by atoms with Crippen LogP contribution in [-0.2, 0) is 14.3 Å². The molecular weight excluding hydrogens is 1210 g/mol. The molecule has 0 fully saturated rings. The lowest BCUT2D eigenvalue weighted by Crippen LogP contribution is -2.32. The van der Waals surface area contributed by atoms with Crippen molar-refractivity contribution in [1.29, 1.82) is 5.26 Å². The molecule has 0 aliphatic heterocycles. The van der Waals surface area contributed by atoms with Gasteiger partial charge in [-0.1, -0.05) is 62.3 Å². The SMILES string of the molecule is CCC(=O)c1cc(OC)ccn1.CCC(CC)NC(CC)c1cc(=O)cc[nH]1.CCC(CC)NC(CC)c1cc(OC)ccn1.CCC(O)c1cc(OC)ccn1.CCC(OS(C)(=O)=O)c1cc(OC)ccn1.COc1cc[n+](O)cc1.COc1ccnc(C#N)c1.O. The maximum atomic E-state index is 11.3. The maximum Gasteiger partial charge on any atom is 0.265 e. The topological polar surface area (TPSA) is 337 Å².